The van der Waals surface area contributed by atoms with Crippen LogP contribution in [0.2, 0.25) is 0 Å². The minimum atomic E-state index is -3.44. The average Bonchev–Trinajstić information content (AvgIpc) is 2.45. The summed E-state index contributed by atoms with van der Waals surface area (Å²) in [6.07, 6.45) is 4.70. The van der Waals surface area contributed by atoms with Crippen LogP contribution >= 0.6 is 0 Å². The Morgan fingerprint density at radius 3 is 2.81 bits per heavy atom. The third kappa shape index (κ3) is 4.53. The van der Waals surface area contributed by atoms with Crippen molar-refractivity contribution in [1.29, 1.82) is 0 Å². The van der Waals surface area contributed by atoms with Gasteiger partial charge < -0.3 is 5.73 Å². The minimum absolute atomic E-state index is 0.167. The van der Waals surface area contributed by atoms with Crippen LogP contribution in [0.25, 0.3) is 0 Å². The van der Waals surface area contributed by atoms with E-state index in [1.54, 1.807) is 18.2 Å². The van der Waals surface area contributed by atoms with Gasteiger partial charge in [0.2, 0.25) is 10.0 Å². The van der Waals surface area contributed by atoms with Crippen molar-refractivity contribution in [2.45, 2.75) is 50.5 Å². The molecular weight excluding hydrogens is 284 g/mol. The highest BCUT2D eigenvalue weighted by atomic mass is 32.2. The molecule has 5 heteroatoms. The molecule has 1 aromatic carbocycles. The molecule has 0 spiro atoms. The fourth-order valence-corrected chi connectivity index (χ4v) is 4.19. The lowest BCUT2D eigenvalue weighted by Crippen LogP contribution is -2.31. The second-order valence-corrected chi connectivity index (χ2v) is 8.12. The van der Waals surface area contributed by atoms with Gasteiger partial charge in [-0.25, -0.2) is 13.1 Å². The number of sulfonamides is 1. The third-order valence-corrected chi connectivity index (χ3v) is 5.72. The number of nitrogens with two attached hydrogens (primary N) is 1. The van der Waals surface area contributed by atoms with Crippen LogP contribution < -0.4 is 10.5 Å². The molecule has 3 unspecified atom stereocenters. The molecule has 4 nitrogen and oxygen atoms in total. The van der Waals surface area contributed by atoms with Gasteiger partial charge in [-0.15, -0.1) is 0 Å². The van der Waals surface area contributed by atoms with Crippen molar-refractivity contribution >= 4 is 10.0 Å². The Balaban J connectivity index is 2.03. The van der Waals surface area contributed by atoms with Gasteiger partial charge in [0.05, 0.1) is 4.90 Å². The predicted molar refractivity (Wildman–Crippen MR) is 85.4 cm³/mol. The Labute approximate surface area is 128 Å². The summed E-state index contributed by atoms with van der Waals surface area (Å²) in [6, 6.07) is 6.72. The van der Waals surface area contributed by atoms with E-state index in [4.69, 9.17) is 5.73 Å². The summed E-state index contributed by atoms with van der Waals surface area (Å²) in [6.45, 7) is 4.63. The average molecular weight is 310 g/mol. The Kier molecular flexibility index (Phi) is 5.41. The van der Waals surface area contributed by atoms with E-state index in [1.807, 2.05) is 13.0 Å². The van der Waals surface area contributed by atoms with Crippen LogP contribution in [0.4, 0.5) is 0 Å². The topological polar surface area (TPSA) is 72.2 Å². The maximum absolute atomic E-state index is 12.4. The van der Waals surface area contributed by atoms with Gasteiger partial charge in [0.15, 0.2) is 0 Å². The molecule has 3 atom stereocenters. The molecule has 1 aliphatic carbocycles. The molecule has 0 aliphatic heterocycles. The molecule has 0 saturated heterocycles. The predicted octanol–water partition coefficient (Wildman–Crippen LogP) is 2.81. The third-order valence-electron chi connectivity index (χ3n) is 4.30. The molecule has 2 rings (SSSR count). The first kappa shape index (κ1) is 16.5. The van der Waals surface area contributed by atoms with Crippen molar-refractivity contribution in [1.82, 2.24) is 4.72 Å². The first-order chi connectivity index (χ1) is 9.88. The summed E-state index contributed by atoms with van der Waals surface area (Å²) in [4.78, 5) is 0.307. The maximum atomic E-state index is 12.4. The highest BCUT2D eigenvalue weighted by molar-refractivity contribution is 7.89. The lowest BCUT2D eigenvalue weighted by Gasteiger charge is -2.26. The van der Waals surface area contributed by atoms with Crippen LogP contribution in [-0.2, 0) is 10.0 Å². The van der Waals surface area contributed by atoms with Crippen molar-refractivity contribution in [2.24, 2.45) is 17.6 Å². The van der Waals surface area contributed by atoms with Gasteiger partial charge in [-0.3, -0.25) is 0 Å². The molecule has 118 valence electrons. The molecule has 0 radical (unpaired) electrons. The molecule has 0 heterocycles. The highest BCUT2D eigenvalue weighted by Crippen LogP contribution is 2.28. The van der Waals surface area contributed by atoms with Crippen molar-refractivity contribution in [3.63, 3.8) is 0 Å². The molecule has 0 amide bonds. The Bertz CT molecular complexity index is 569. The van der Waals surface area contributed by atoms with E-state index in [1.165, 1.54) is 12.8 Å². The van der Waals surface area contributed by atoms with E-state index >= 15 is 0 Å². The van der Waals surface area contributed by atoms with E-state index in [9.17, 15) is 8.42 Å². The molecule has 1 fully saturated rings. The molecule has 0 bridgehead atoms. The Hall–Kier alpha value is -0.910. The largest absolute Gasteiger partial charge is 0.324 e. The van der Waals surface area contributed by atoms with Crippen molar-refractivity contribution in [3.8, 4) is 0 Å². The maximum Gasteiger partial charge on any atom is 0.240 e. The standard InChI is InChI=1S/C16H26N2O2S/c1-12-5-3-6-14(9-12)11-18-21(19,20)16-8-4-7-15(10-16)13(2)17/h4,7-8,10,12-14,18H,3,5-6,9,11,17H2,1-2H3. The van der Waals surface area contributed by atoms with Crippen LogP contribution in [0.3, 0.4) is 0 Å². The number of hydrogen-bond donors (Lipinski definition) is 2. The molecule has 1 aliphatic rings. The first-order valence-corrected chi connectivity index (χ1v) is 9.22. The van der Waals surface area contributed by atoms with Gasteiger partial charge >= 0.3 is 0 Å². The van der Waals surface area contributed by atoms with Crippen LogP contribution in [-0.4, -0.2) is 15.0 Å². The summed E-state index contributed by atoms with van der Waals surface area (Å²) in [7, 11) is -3.44. The normalized spacial score (nSPS) is 24.7. The zero-order valence-corrected chi connectivity index (χ0v) is 13.7. The van der Waals surface area contributed by atoms with Gasteiger partial charge in [-0.05, 0) is 49.3 Å². The Morgan fingerprint density at radius 1 is 1.38 bits per heavy atom. The molecule has 3 N–H and O–H groups in total. The first-order valence-electron chi connectivity index (χ1n) is 7.73. The summed E-state index contributed by atoms with van der Waals surface area (Å²) in [5.41, 5.74) is 6.65. The van der Waals surface area contributed by atoms with Gasteiger partial charge in [-0.1, -0.05) is 31.9 Å². The van der Waals surface area contributed by atoms with Crippen molar-refractivity contribution in [2.75, 3.05) is 6.54 Å². The van der Waals surface area contributed by atoms with Gasteiger partial charge in [-0.2, -0.15) is 0 Å². The van der Waals surface area contributed by atoms with Crippen LogP contribution in [0.5, 0.6) is 0 Å². The lowest BCUT2D eigenvalue weighted by atomic mass is 9.83. The molecule has 21 heavy (non-hydrogen) atoms. The van der Waals surface area contributed by atoms with E-state index in [2.05, 4.69) is 11.6 Å². The molecule has 1 aromatic rings. The van der Waals surface area contributed by atoms with Crippen LogP contribution in [0.15, 0.2) is 29.2 Å². The second-order valence-electron chi connectivity index (χ2n) is 6.35. The van der Waals surface area contributed by atoms with E-state index < -0.39 is 10.0 Å². The summed E-state index contributed by atoms with van der Waals surface area (Å²) in [5, 5.41) is 0. The Morgan fingerprint density at radius 2 is 2.14 bits per heavy atom. The second kappa shape index (κ2) is 6.90. The summed E-state index contributed by atoms with van der Waals surface area (Å²) >= 11 is 0. The van der Waals surface area contributed by atoms with Gasteiger partial charge in [0, 0.05) is 12.6 Å². The molecular formula is C16H26N2O2S. The zero-order valence-electron chi connectivity index (χ0n) is 12.9. The fourth-order valence-electron chi connectivity index (χ4n) is 3.02. The van der Waals surface area contributed by atoms with Crippen LogP contribution in [0.1, 0.15) is 51.1 Å². The zero-order chi connectivity index (χ0) is 15.5. The van der Waals surface area contributed by atoms with Crippen molar-refractivity contribution in [3.05, 3.63) is 29.8 Å². The van der Waals surface area contributed by atoms with E-state index in [-0.39, 0.29) is 6.04 Å². The SMILES string of the molecule is CC1CCCC(CNS(=O)(=O)c2cccc(C(C)N)c2)C1. The van der Waals surface area contributed by atoms with Crippen LogP contribution in [0, 0.1) is 11.8 Å². The summed E-state index contributed by atoms with van der Waals surface area (Å²) < 4.78 is 27.5. The smallest absolute Gasteiger partial charge is 0.240 e. The quantitative estimate of drug-likeness (QED) is 0.878. The fraction of sp³-hybridized carbons (Fsp3) is 0.625. The number of nitrogens with one attached hydrogen (secondary N) is 1. The van der Waals surface area contributed by atoms with E-state index in [0.29, 0.717) is 23.3 Å². The number of rotatable bonds is 5. The highest BCUT2D eigenvalue weighted by Gasteiger charge is 2.22. The number of hydrogen-bond acceptors (Lipinski definition) is 3. The number of benzene rings is 1. The van der Waals surface area contributed by atoms with Gasteiger partial charge in [0.1, 0.15) is 0 Å². The molecule has 0 aromatic heterocycles. The molecule has 1 saturated carbocycles. The minimum Gasteiger partial charge on any atom is -0.324 e. The summed E-state index contributed by atoms with van der Waals surface area (Å²) in [5.74, 6) is 1.16. The van der Waals surface area contributed by atoms with Crippen molar-refractivity contribution < 1.29 is 8.42 Å². The van der Waals surface area contributed by atoms with Gasteiger partial charge in [0.25, 0.3) is 0 Å². The monoisotopic (exact) mass is 310 g/mol. The van der Waals surface area contributed by atoms with E-state index in [0.717, 1.165) is 18.4 Å². The lowest BCUT2D eigenvalue weighted by molar-refractivity contribution is 0.283.